The van der Waals surface area contributed by atoms with Crippen LogP contribution in [0.15, 0.2) is 59.9 Å². The Morgan fingerprint density at radius 2 is 1.69 bits per heavy atom. The summed E-state index contributed by atoms with van der Waals surface area (Å²) in [7, 11) is -3.38. The van der Waals surface area contributed by atoms with E-state index in [1.165, 1.54) is 12.6 Å². The van der Waals surface area contributed by atoms with Crippen LogP contribution in [0.2, 0.25) is 0 Å². The third kappa shape index (κ3) is 5.21. The van der Waals surface area contributed by atoms with Crippen molar-refractivity contribution in [2.24, 2.45) is 0 Å². The van der Waals surface area contributed by atoms with Crippen molar-refractivity contribution in [1.82, 2.24) is 20.3 Å². The summed E-state index contributed by atoms with van der Waals surface area (Å²) in [6.07, 6.45) is 4.40. The molecule has 0 amide bonds. The van der Waals surface area contributed by atoms with Crippen molar-refractivity contribution in [1.29, 1.82) is 0 Å². The molecule has 3 heterocycles. The van der Waals surface area contributed by atoms with Gasteiger partial charge in [0.1, 0.15) is 23.8 Å². The molecule has 0 spiro atoms. The lowest BCUT2D eigenvalue weighted by Gasteiger charge is -2.36. The molecule has 9 nitrogen and oxygen atoms in total. The van der Waals surface area contributed by atoms with E-state index in [1.807, 2.05) is 18.3 Å². The quantitative estimate of drug-likeness (QED) is 0.472. The first kappa shape index (κ1) is 22.1. The molecule has 1 fully saturated rings. The molecule has 10 heteroatoms. The van der Waals surface area contributed by atoms with Crippen LogP contribution >= 0.6 is 0 Å². The second-order valence-corrected chi connectivity index (χ2v) is 10.2. The SMILES string of the molecule is CC(C)(NC1COC1)c1ccc(Nc2cc(Nc3ccccc3S(C)(=O)=O)ncn2)nc1. The van der Waals surface area contributed by atoms with Gasteiger partial charge in [-0.15, -0.1) is 0 Å². The number of rotatable bonds is 8. The first-order chi connectivity index (χ1) is 15.2. The Labute approximate surface area is 187 Å². The van der Waals surface area contributed by atoms with Crippen LogP contribution in [-0.2, 0) is 20.1 Å². The van der Waals surface area contributed by atoms with Crippen molar-refractivity contribution in [2.75, 3.05) is 30.1 Å². The van der Waals surface area contributed by atoms with Crippen molar-refractivity contribution in [3.63, 3.8) is 0 Å². The normalized spacial score (nSPS) is 14.6. The van der Waals surface area contributed by atoms with E-state index in [9.17, 15) is 8.42 Å². The second kappa shape index (κ2) is 8.81. The maximum Gasteiger partial charge on any atom is 0.177 e. The van der Waals surface area contributed by atoms with Crippen LogP contribution in [0.1, 0.15) is 19.4 Å². The molecule has 4 rings (SSSR count). The summed E-state index contributed by atoms with van der Waals surface area (Å²) < 4.78 is 29.3. The van der Waals surface area contributed by atoms with Gasteiger partial charge in [0.25, 0.3) is 0 Å². The van der Waals surface area contributed by atoms with Crippen molar-refractivity contribution in [2.45, 2.75) is 30.3 Å². The molecule has 1 aliphatic heterocycles. The lowest BCUT2D eigenvalue weighted by atomic mass is 9.94. The highest BCUT2D eigenvalue weighted by atomic mass is 32.2. The molecule has 0 saturated carbocycles. The summed E-state index contributed by atoms with van der Waals surface area (Å²) >= 11 is 0. The van der Waals surface area contributed by atoms with Crippen LogP contribution < -0.4 is 16.0 Å². The number of benzene rings is 1. The maximum absolute atomic E-state index is 12.0. The van der Waals surface area contributed by atoms with Gasteiger partial charge in [0.2, 0.25) is 0 Å². The Morgan fingerprint density at radius 3 is 2.31 bits per heavy atom. The minimum absolute atomic E-state index is 0.204. The molecule has 0 unspecified atom stereocenters. The predicted molar refractivity (Wildman–Crippen MR) is 123 cm³/mol. The van der Waals surface area contributed by atoms with Gasteiger partial charge in [-0.2, -0.15) is 0 Å². The zero-order valence-corrected chi connectivity index (χ0v) is 19.0. The fourth-order valence-electron chi connectivity index (χ4n) is 3.41. The third-order valence-corrected chi connectivity index (χ3v) is 6.32. The molecule has 0 aliphatic carbocycles. The predicted octanol–water partition coefficient (Wildman–Crippen LogP) is 2.99. The lowest BCUT2D eigenvalue weighted by Crippen LogP contribution is -2.53. The van der Waals surface area contributed by atoms with Crippen LogP contribution in [-0.4, -0.2) is 48.9 Å². The third-order valence-electron chi connectivity index (χ3n) is 5.16. The zero-order chi connectivity index (χ0) is 22.8. The molecule has 2 aromatic heterocycles. The fraction of sp³-hybridized carbons (Fsp3) is 0.318. The molecule has 32 heavy (non-hydrogen) atoms. The highest BCUT2D eigenvalue weighted by molar-refractivity contribution is 7.90. The number of nitrogens with zero attached hydrogens (tertiary/aromatic N) is 3. The average Bonchev–Trinajstić information content (AvgIpc) is 2.71. The highest BCUT2D eigenvalue weighted by Gasteiger charge is 2.28. The number of aromatic nitrogens is 3. The number of ether oxygens (including phenoxy) is 1. The van der Waals surface area contributed by atoms with Gasteiger partial charge in [-0.25, -0.2) is 23.4 Å². The van der Waals surface area contributed by atoms with Gasteiger partial charge in [0.05, 0.1) is 29.8 Å². The summed E-state index contributed by atoms with van der Waals surface area (Å²) in [6, 6.07) is 12.7. The summed E-state index contributed by atoms with van der Waals surface area (Å²) in [6.45, 7) is 5.70. The van der Waals surface area contributed by atoms with E-state index < -0.39 is 9.84 Å². The molecular formula is C22H26N6O3S. The van der Waals surface area contributed by atoms with E-state index in [1.54, 1.807) is 30.3 Å². The van der Waals surface area contributed by atoms with Gasteiger partial charge in [-0.3, -0.25) is 0 Å². The van der Waals surface area contributed by atoms with Crippen LogP contribution in [0.25, 0.3) is 0 Å². The molecule has 3 aromatic rings. The Morgan fingerprint density at radius 1 is 0.969 bits per heavy atom. The first-order valence-corrected chi connectivity index (χ1v) is 12.1. The molecule has 0 atom stereocenters. The molecule has 1 aromatic carbocycles. The van der Waals surface area contributed by atoms with E-state index in [2.05, 4.69) is 44.7 Å². The molecule has 1 saturated heterocycles. The minimum Gasteiger partial charge on any atom is -0.378 e. The van der Waals surface area contributed by atoms with Crippen LogP contribution in [0.4, 0.5) is 23.1 Å². The standard InChI is InChI=1S/C22H26N6O3S/c1-22(2,28-16-12-31-13-16)15-8-9-19(23-11-15)27-21-10-20(24-14-25-21)26-17-6-4-5-7-18(17)32(3,29)30/h4-11,14,16,28H,12-13H2,1-3H3,(H2,23,24,25,26,27). The van der Waals surface area contributed by atoms with Crippen LogP contribution in [0.3, 0.4) is 0 Å². The van der Waals surface area contributed by atoms with E-state index in [0.29, 0.717) is 29.2 Å². The van der Waals surface area contributed by atoms with Gasteiger partial charge in [-0.05, 0) is 37.6 Å². The molecule has 0 bridgehead atoms. The van der Waals surface area contributed by atoms with Crippen molar-refractivity contribution >= 4 is 33.0 Å². The zero-order valence-electron chi connectivity index (χ0n) is 18.2. The van der Waals surface area contributed by atoms with E-state index in [-0.39, 0.29) is 10.4 Å². The van der Waals surface area contributed by atoms with Gasteiger partial charge >= 0.3 is 0 Å². The number of para-hydroxylation sites is 1. The van der Waals surface area contributed by atoms with E-state index in [0.717, 1.165) is 18.8 Å². The molecule has 0 radical (unpaired) electrons. The second-order valence-electron chi connectivity index (χ2n) is 8.24. The smallest absolute Gasteiger partial charge is 0.177 e. The Bertz CT molecular complexity index is 1190. The topological polar surface area (TPSA) is 118 Å². The first-order valence-electron chi connectivity index (χ1n) is 10.2. The highest BCUT2D eigenvalue weighted by Crippen LogP contribution is 2.26. The van der Waals surface area contributed by atoms with Crippen molar-refractivity contribution in [3.8, 4) is 0 Å². The molecule has 168 valence electrons. The number of nitrogens with one attached hydrogen (secondary N) is 3. The van der Waals surface area contributed by atoms with Gasteiger partial charge < -0.3 is 20.7 Å². The van der Waals surface area contributed by atoms with Gasteiger partial charge in [0.15, 0.2) is 9.84 Å². The van der Waals surface area contributed by atoms with Crippen molar-refractivity contribution in [3.05, 3.63) is 60.6 Å². The largest absolute Gasteiger partial charge is 0.378 e. The maximum atomic E-state index is 12.0. The lowest BCUT2D eigenvalue weighted by molar-refractivity contribution is -0.0170. The van der Waals surface area contributed by atoms with Crippen LogP contribution in [0.5, 0.6) is 0 Å². The molecule has 3 N–H and O–H groups in total. The Balaban J connectivity index is 1.47. The van der Waals surface area contributed by atoms with Gasteiger partial charge in [-0.1, -0.05) is 18.2 Å². The Kier molecular flexibility index (Phi) is 6.09. The van der Waals surface area contributed by atoms with E-state index in [4.69, 9.17) is 4.74 Å². The van der Waals surface area contributed by atoms with Crippen LogP contribution in [0, 0.1) is 0 Å². The van der Waals surface area contributed by atoms with Crippen molar-refractivity contribution < 1.29 is 13.2 Å². The Hall–Kier alpha value is -3.08. The number of hydrogen-bond donors (Lipinski definition) is 3. The number of hydrogen-bond acceptors (Lipinski definition) is 9. The summed E-state index contributed by atoms with van der Waals surface area (Å²) in [5.74, 6) is 1.63. The van der Waals surface area contributed by atoms with E-state index >= 15 is 0 Å². The molecular weight excluding hydrogens is 428 g/mol. The van der Waals surface area contributed by atoms with Gasteiger partial charge in [0, 0.05) is 24.1 Å². The monoisotopic (exact) mass is 454 g/mol. The average molecular weight is 455 g/mol. The molecule has 1 aliphatic rings. The summed E-state index contributed by atoms with van der Waals surface area (Å²) in [5, 5.41) is 9.78. The number of anilines is 4. The summed E-state index contributed by atoms with van der Waals surface area (Å²) in [4.78, 5) is 13.1. The number of pyridine rings is 1. The summed E-state index contributed by atoms with van der Waals surface area (Å²) in [5.41, 5.74) is 1.30. The minimum atomic E-state index is -3.38. The number of sulfone groups is 1. The fourth-order valence-corrected chi connectivity index (χ4v) is 4.25.